The third-order valence-electron chi connectivity index (χ3n) is 7.94. The van der Waals surface area contributed by atoms with E-state index in [1.165, 1.54) is 12.6 Å². The zero-order valence-electron chi connectivity index (χ0n) is 20.9. The predicted octanol–water partition coefficient (Wildman–Crippen LogP) is 2.50. The highest BCUT2D eigenvalue weighted by atomic mass is 16.5. The SMILES string of the molecule is O=C1N[C@H]2CCN(C(=O)c3cnco3)C[C@H]2C/C=C/CC2(CCOCC2)C(=O)N[C@@H]1Cc1ccccc1. The average molecular weight is 507 g/mol. The molecule has 196 valence electrons. The van der Waals surface area contributed by atoms with Crippen LogP contribution in [0.15, 0.2) is 59.5 Å². The Kier molecular flexibility index (Phi) is 7.69. The minimum atomic E-state index is -0.687. The molecule has 9 heteroatoms. The van der Waals surface area contributed by atoms with Gasteiger partial charge in [-0.2, -0.15) is 0 Å². The van der Waals surface area contributed by atoms with Crippen LogP contribution in [0.4, 0.5) is 0 Å². The first-order valence-corrected chi connectivity index (χ1v) is 13.1. The minimum Gasteiger partial charge on any atom is -0.438 e. The molecule has 2 saturated heterocycles. The van der Waals surface area contributed by atoms with Gasteiger partial charge in [0, 0.05) is 44.7 Å². The van der Waals surface area contributed by atoms with E-state index in [1.54, 1.807) is 4.90 Å². The largest absolute Gasteiger partial charge is 0.438 e. The maximum Gasteiger partial charge on any atom is 0.291 e. The summed E-state index contributed by atoms with van der Waals surface area (Å²) in [6.07, 6.45) is 10.4. The molecule has 3 amide bonds. The van der Waals surface area contributed by atoms with Crippen molar-refractivity contribution >= 4 is 17.7 Å². The topological polar surface area (TPSA) is 114 Å². The van der Waals surface area contributed by atoms with Crippen molar-refractivity contribution in [3.8, 4) is 0 Å². The van der Waals surface area contributed by atoms with Gasteiger partial charge >= 0.3 is 0 Å². The Bertz CT molecular complexity index is 1110. The summed E-state index contributed by atoms with van der Waals surface area (Å²) in [4.78, 5) is 45.8. The Morgan fingerprint density at radius 3 is 2.68 bits per heavy atom. The lowest BCUT2D eigenvalue weighted by molar-refractivity contribution is -0.140. The van der Waals surface area contributed by atoms with Gasteiger partial charge in [-0.1, -0.05) is 42.5 Å². The van der Waals surface area contributed by atoms with E-state index in [1.807, 2.05) is 30.3 Å². The fourth-order valence-corrected chi connectivity index (χ4v) is 5.64. The maximum absolute atomic E-state index is 13.6. The quantitative estimate of drug-likeness (QED) is 0.619. The molecule has 9 nitrogen and oxygen atoms in total. The van der Waals surface area contributed by atoms with E-state index in [9.17, 15) is 14.4 Å². The Hall–Kier alpha value is -3.46. The number of nitrogens with zero attached hydrogens (tertiary/aromatic N) is 2. The lowest BCUT2D eigenvalue weighted by Crippen LogP contribution is -2.58. The Balaban J connectivity index is 1.39. The monoisotopic (exact) mass is 506 g/mol. The summed E-state index contributed by atoms with van der Waals surface area (Å²) in [7, 11) is 0. The van der Waals surface area contributed by atoms with Crippen LogP contribution in [0.25, 0.3) is 0 Å². The van der Waals surface area contributed by atoms with Gasteiger partial charge in [0.25, 0.3) is 5.91 Å². The van der Waals surface area contributed by atoms with Crippen LogP contribution in [0.5, 0.6) is 0 Å². The van der Waals surface area contributed by atoms with Gasteiger partial charge in [-0.25, -0.2) is 4.98 Å². The number of carbonyl (C=O) groups excluding carboxylic acids is 3. The molecule has 1 aromatic carbocycles. The second-order valence-corrected chi connectivity index (χ2v) is 10.3. The first-order valence-electron chi connectivity index (χ1n) is 13.1. The first kappa shape index (κ1) is 25.2. The van der Waals surface area contributed by atoms with Crippen LogP contribution in [-0.2, 0) is 20.7 Å². The molecule has 2 fully saturated rings. The number of benzene rings is 1. The molecule has 0 aliphatic carbocycles. The number of ether oxygens (including phenoxy) is 1. The molecule has 0 bridgehead atoms. The van der Waals surface area contributed by atoms with Crippen LogP contribution in [0.3, 0.4) is 0 Å². The van der Waals surface area contributed by atoms with Gasteiger partial charge in [0.1, 0.15) is 6.04 Å². The zero-order chi connectivity index (χ0) is 25.7. The molecule has 1 spiro atoms. The molecule has 0 saturated carbocycles. The average Bonchev–Trinajstić information content (AvgIpc) is 3.47. The van der Waals surface area contributed by atoms with E-state index in [0.29, 0.717) is 64.8 Å². The molecule has 4 heterocycles. The number of carbonyl (C=O) groups is 3. The number of likely N-dealkylation sites (tertiary alicyclic amines) is 1. The minimum absolute atomic E-state index is 0.0407. The number of amides is 3. The molecule has 3 aliphatic rings. The van der Waals surface area contributed by atoms with Gasteiger partial charge in [-0.15, -0.1) is 0 Å². The number of fused-ring (bicyclic) bond motifs is 1. The normalized spacial score (nSPS) is 27.2. The molecule has 2 N–H and O–H groups in total. The lowest BCUT2D eigenvalue weighted by Gasteiger charge is -2.40. The summed E-state index contributed by atoms with van der Waals surface area (Å²) in [6, 6.07) is 8.96. The molecule has 2 aromatic rings. The van der Waals surface area contributed by atoms with Crippen LogP contribution in [0.1, 0.15) is 48.2 Å². The van der Waals surface area contributed by atoms with Crippen molar-refractivity contribution < 1.29 is 23.5 Å². The third-order valence-corrected chi connectivity index (χ3v) is 7.94. The summed E-state index contributed by atoms with van der Waals surface area (Å²) in [5, 5.41) is 6.34. The van der Waals surface area contributed by atoms with Crippen molar-refractivity contribution in [3.05, 3.63) is 66.4 Å². The molecule has 0 radical (unpaired) electrons. The molecule has 3 atom stereocenters. The number of rotatable bonds is 3. The lowest BCUT2D eigenvalue weighted by atomic mass is 9.75. The standard InChI is InChI=1S/C28H34N4O5/c33-25-23(16-20-6-2-1-3-7-20)31-27(35)28(11-14-36-15-12-28)10-5-4-8-21-18-32(13-9-22(21)30-25)26(34)24-17-29-19-37-24/h1-7,17,19,21-23H,8-16,18H2,(H,30,33)(H,31,35)/b5-4+/t21-,22+,23-/m1/s1. The maximum atomic E-state index is 13.6. The number of hydrogen-bond acceptors (Lipinski definition) is 6. The molecule has 1 aromatic heterocycles. The van der Waals surface area contributed by atoms with Gasteiger partial charge in [0.05, 0.1) is 11.6 Å². The number of hydrogen-bond donors (Lipinski definition) is 2. The number of nitrogens with one attached hydrogen (secondary N) is 2. The summed E-state index contributed by atoms with van der Waals surface area (Å²) >= 11 is 0. The smallest absolute Gasteiger partial charge is 0.291 e. The second-order valence-electron chi connectivity index (χ2n) is 10.3. The van der Waals surface area contributed by atoms with Gasteiger partial charge in [0.15, 0.2) is 6.39 Å². The Labute approximate surface area is 216 Å². The summed E-state index contributed by atoms with van der Waals surface area (Å²) in [6.45, 7) is 2.06. The summed E-state index contributed by atoms with van der Waals surface area (Å²) in [5.74, 6) is -0.194. The fraction of sp³-hybridized carbons (Fsp3) is 0.500. The van der Waals surface area contributed by atoms with Crippen molar-refractivity contribution in [1.82, 2.24) is 20.5 Å². The van der Waals surface area contributed by atoms with Gasteiger partial charge < -0.3 is 24.7 Å². The van der Waals surface area contributed by atoms with Crippen molar-refractivity contribution in [1.29, 1.82) is 0 Å². The van der Waals surface area contributed by atoms with E-state index < -0.39 is 11.5 Å². The summed E-state index contributed by atoms with van der Waals surface area (Å²) in [5.41, 5.74) is 0.392. The van der Waals surface area contributed by atoms with Crippen LogP contribution >= 0.6 is 0 Å². The second kappa shape index (κ2) is 11.3. The molecular weight excluding hydrogens is 472 g/mol. The highest BCUT2D eigenvalue weighted by Crippen LogP contribution is 2.36. The Morgan fingerprint density at radius 1 is 1.11 bits per heavy atom. The highest BCUT2D eigenvalue weighted by Gasteiger charge is 2.42. The number of oxazole rings is 1. The molecule has 37 heavy (non-hydrogen) atoms. The number of aromatic nitrogens is 1. The van der Waals surface area contributed by atoms with E-state index in [0.717, 1.165) is 5.56 Å². The van der Waals surface area contributed by atoms with Crippen molar-refractivity contribution in [2.45, 2.75) is 50.6 Å². The van der Waals surface area contributed by atoms with Crippen LogP contribution in [0.2, 0.25) is 0 Å². The van der Waals surface area contributed by atoms with Gasteiger partial charge in [0.2, 0.25) is 17.6 Å². The molecule has 5 rings (SSSR count). The van der Waals surface area contributed by atoms with Crippen molar-refractivity contribution in [2.24, 2.45) is 11.3 Å². The fourth-order valence-electron chi connectivity index (χ4n) is 5.64. The first-order chi connectivity index (χ1) is 18.0. The van der Waals surface area contributed by atoms with E-state index >= 15 is 0 Å². The highest BCUT2D eigenvalue weighted by molar-refractivity contribution is 5.92. The van der Waals surface area contributed by atoms with E-state index in [-0.39, 0.29) is 35.4 Å². The van der Waals surface area contributed by atoms with Crippen LogP contribution in [0, 0.1) is 11.3 Å². The molecule has 3 aliphatic heterocycles. The van der Waals surface area contributed by atoms with E-state index in [2.05, 4.69) is 27.8 Å². The van der Waals surface area contributed by atoms with Crippen molar-refractivity contribution in [3.63, 3.8) is 0 Å². The van der Waals surface area contributed by atoms with Gasteiger partial charge in [-0.05, 0) is 37.7 Å². The number of piperidine rings is 1. The Morgan fingerprint density at radius 2 is 1.92 bits per heavy atom. The molecule has 0 unspecified atom stereocenters. The predicted molar refractivity (Wildman–Crippen MR) is 135 cm³/mol. The van der Waals surface area contributed by atoms with Crippen LogP contribution in [-0.4, -0.2) is 66.0 Å². The molecular formula is C28H34N4O5. The number of allylic oxidation sites excluding steroid dienone is 2. The van der Waals surface area contributed by atoms with Crippen molar-refractivity contribution in [2.75, 3.05) is 26.3 Å². The summed E-state index contributed by atoms with van der Waals surface area (Å²) < 4.78 is 10.8. The van der Waals surface area contributed by atoms with Gasteiger partial charge in [-0.3, -0.25) is 14.4 Å². The van der Waals surface area contributed by atoms with E-state index in [4.69, 9.17) is 9.15 Å². The zero-order valence-corrected chi connectivity index (χ0v) is 20.9. The van der Waals surface area contributed by atoms with Crippen LogP contribution < -0.4 is 10.6 Å². The third kappa shape index (κ3) is 5.77.